The highest BCUT2D eigenvalue weighted by molar-refractivity contribution is 5.55. The standard InChI is InChI=1S/C14H10F14O3/c1-5(31-3-4(30)2-29)6(15)10(19,20)8(17)12(23,24)7(5,16)13(25,26)9(18,11(6,21)22)14(8,27)28/h4,29-30H,2-3H2,1H3. The first kappa shape index (κ1) is 24.5. The SMILES string of the molecule is CC1(OCC(O)CO)C2(F)C(F)(F)C3(F)C(F)(F)C(F)(C2(F)F)C(F)(F)C1(F)C3(F)F. The van der Waals surface area contributed by atoms with Crippen LogP contribution in [-0.2, 0) is 4.74 Å². The van der Waals surface area contributed by atoms with Crippen LogP contribution in [0.1, 0.15) is 6.92 Å². The predicted octanol–water partition coefficient (Wildman–Crippen LogP) is 3.17. The number of alkyl halides is 14. The van der Waals surface area contributed by atoms with Gasteiger partial charge in [0.15, 0.2) is 5.60 Å². The lowest BCUT2D eigenvalue weighted by Crippen LogP contribution is -3.09. The molecule has 17 heteroatoms. The van der Waals surface area contributed by atoms with Gasteiger partial charge >= 0.3 is 41.0 Å². The topological polar surface area (TPSA) is 49.7 Å². The third-order valence-corrected chi connectivity index (χ3v) is 6.42. The van der Waals surface area contributed by atoms with Crippen molar-refractivity contribution in [3.05, 3.63) is 0 Å². The normalized spacial score (nSPS) is 51.0. The maximum absolute atomic E-state index is 15.3. The molecule has 4 fully saturated rings. The second kappa shape index (κ2) is 5.34. The lowest BCUT2D eigenvalue weighted by molar-refractivity contribution is -0.601. The number of aliphatic hydroxyl groups is 2. The second-order valence-corrected chi connectivity index (χ2v) is 7.69. The van der Waals surface area contributed by atoms with Crippen molar-refractivity contribution in [2.24, 2.45) is 0 Å². The van der Waals surface area contributed by atoms with E-state index in [-0.39, 0.29) is 0 Å². The Hall–Kier alpha value is -1.10. The van der Waals surface area contributed by atoms with Crippen molar-refractivity contribution in [1.82, 2.24) is 0 Å². The van der Waals surface area contributed by atoms with Crippen LogP contribution in [0.2, 0.25) is 0 Å². The number of ether oxygens (including phenoxy) is 1. The summed E-state index contributed by atoms with van der Waals surface area (Å²) in [5.41, 5.74) is -34.6. The van der Waals surface area contributed by atoms with Gasteiger partial charge in [0.2, 0.25) is 0 Å². The minimum absolute atomic E-state index is 0.913. The van der Waals surface area contributed by atoms with E-state index in [9.17, 15) is 52.7 Å². The van der Waals surface area contributed by atoms with E-state index in [1.807, 2.05) is 0 Å². The number of halogens is 14. The van der Waals surface area contributed by atoms with Gasteiger partial charge in [0.1, 0.15) is 6.10 Å². The van der Waals surface area contributed by atoms with Crippen molar-refractivity contribution < 1.29 is 76.4 Å². The second-order valence-electron chi connectivity index (χ2n) is 7.69. The van der Waals surface area contributed by atoms with Gasteiger partial charge in [-0.3, -0.25) is 0 Å². The van der Waals surface area contributed by atoms with Gasteiger partial charge in [-0.15, -0.1) is 0 Å². The van der Waals surface area contributed by atoms with Crippen LogP contribution in [-0.4, -0.2) is 87.4 Å². The summed E-state index contributed by atoms with van der Waals surface area (Å²) in [6, 6.07) is 0. The molecule has 0 spiro atoms. The van der Waals surface area contributed by atoms with Crippen molar-refractivity contribution in [3.63, 3.8) is 0 Å². The van der Waals surface area contributed by atoms with Gasteiger partial charge in [-0.25, -0.2) is 17.6 Å². The molecule has 4 aliphatic rings. The first-order valence-electron chi connectivity index (χ1n) is 8.03. The quantitative estimate of drug-likeness (QED) is 0.594. The van der Waals surface area contributed by atoms with E-state index in [4.69, 9.17) is 10.2 Å². The highest BCUT2D eigenvalue weighted by Gasteiger charge is 3.21. The van der Waals surface area contributed by atoms with Crippen molar-refractivity contribution in [3.8, 4) is 0 Å². The summed E-state index contributed by atoms with van der Waals surface area (Å²) in [5.74, 6) is -37.5. The minimum Gasteiger partial charge on any atom is -0.394 e. The van der Waals surface area contributed by atoms with Crippen LogP contribution < -0.4 is 0 Å². The molecule has 0 aliphatic heterocycles. The van der Waals surface area contributed by atoms with Gasteiger partial charge in [0, 0.05) is 0 Å². The number of aliphatic hydroxyl groups excluding tert-OH is 2. The van der Waals surface area contributed by atoms with Crippen LogP contribution in [0.25, 0.3) is 0 Å². The summed E-state index contributed by atoms with van der Waals surface area (Å²) in [4.78, 5) is 0. The zero-order valence-electron chi connectivity index (χ0n) is 14.6. The van der Waals surface area contributed by atoms with Crippen LogP contribution in [0.3, 0.4) is 0 Å². The molecule has 2 N–H and O–H groups in total. The zero-order chi connectivity index (χ0) is 24.7. The van der Waals surface area contributed by atoms with E-state index in [0.717, 1.165) is 0 Å². The maximum atomic E-state index is 15.3. The molecule has 0 heterocycles. The lowest BCUT2D eigenvalue weighted by atomic mass is 9.37. The molecule has 1 unspecified atom stereocenters. The van der Waals surface area contributed by atoms with Crippen LogP contribution in [0.5, 0.6) is 0 Å². The molecule has 0 aromatic rings. The van der Waals surface area contributed by atoms with Gasteiger partial charge in [-0.2, -0.15) is 43.9 Å². The Morgan fingerprint density at radius 3 is 1.10 bits per heavy atom. The number of hydrogen-bond donors (Lipinski definition) is 2. The van der Waals surface area contributed by atoms with Gasteiger partial charge in [-0.1, -0.05) is 0 Å². The Bertz CT molecular complexity index is 724. The first-order chi connectivity index (χ1) is 13.5. The van der Waals surface area contributed by atoms with E-state index in [1.54, 1.807) is 0 Å². The fourth-order valence-corrected chi connectivity index (χ4v) is 4.71. The van der Waals surface area contributed by atoms with Crippen molar-refractivity contribution in [1.29, 1.82) is 0 Å². The van der Waals surface area contributed by atoms with E-state index in [0.29, 0.717) is 0 Å². The Morgan fingerprint density at radius 2 is 0.839 bits per heavy atom. The van der Waals surface area contributed by atoms with Gasteiger partial charge < -0.3 is 14.9 Å². The van der Waals surface area contributed by atoms with Crippen molar-refractivity contribution in [2.75, 3.05) is 13.2 Å². The Morgan fingerprint density at radius 1 is 0.581 bits per heavy atom. The van der Waals surface area contributed by atoms with E-state index < -0.39 is 84.1 Å². The molecule has 3 nitrogen and oxygen atoms in total. The first-order valence-corrected chi connectivity index (χ1v) is 8.03. The van der Waals surface area contributed by atoms with Gasteiger partial charge in [0.25, 0.3) is 11.3 Å². The van der Waals surface area contributed by atoms with Crippen LogP contribution >= 0.6 is 0 Å². The van der Waals surface area contributed by atoms with Crippen LogP contribution in [0.15, 0.2) is 0 Å². The Balaban J connectivity index is 2.56. The fraction of sp³-hybridized carbons (Fsp3) is 1.00. The lowest BCUT2D eigenvalue weighted by Gasteiger charge is -2.76. The number of rotatable bonds is 4. The fourth-order valence-electron chi connectivity index (χ4n) is 4.71. The smallest absolute Gasteiger partial charge is 0.339 e. The van der Waals surface area contributed by atoms with E-state index in [1.165, 1.54) is 0 Å². The average Bonchev–Trinajstić information content (AvgIpc) is 2.64. The van der Waals surface area contributed by atoms with Crippen LogP contribution in [0, 0.1) is 0 Å². The van der Waals surface area contributed by atoms with Crippen LogP contribution in [0.4, 0.5) is 61.5 Å². The third kappa shape index (κ3) is 1.58. The highest BCUT2D eigenvalue weighted by Crippen LogP contribution is 2.88. The van der Waals surface area contributed by atoms with Crippen molar-refractivity contribution in [2.45, 2.75) is 70.9 Å². The zero-order valence-corrected chi connectivity index (χ0v) is 14.6. The molecule has 4 bridgehead atoms. The molecule has 31 heavy (non-hydrogen) atoms. The molecule has 0 aromatic heterocycles. The summed E-state index contributed by atoms with van der Waals surface area (Å²) in [5, 5.41) is 17.6. The summed E-state index contributed by atoms with van der Waals surface area (Å²) >= 11 is 0. The largest absolute Gasteiger partial charge is 0.394 e. The third-order valence-electron chi connectivity index (χ3n) is 6.42. The molecule has 0 amide bonds. The molecular formula is C14H10F14O3. The molecule has 4 aliphatic carbocycles. The molecule has 1 atom stereocenters. The Labute approximate surface area is 161 Å². The highest BCUT2D eigenvalue weighted by atomic mass is 19.3. The summed E-state index contributed by atoms with van der Waals surface area (Å²) in [6.45, 7) is -4.53. The predicted molar refractivity (Wildman–Crippen MR) is 67.5 cm³/mol. The average molecular weight is 492 g/mol. The van der Waals surface area contributed by atoms with E-state index in [2.05, 4.69) is 4.74 Å². The van der Waals surface area contributed by atoms with E-state index >= 15 is 8.78 Å². The summed E-state index contributed by atoms with van der Waals surface area (Å²) in [6.07, 6.45) is -2.51. The van der Waals surface area contributed by atoms with Crippen molar-refractivity contribution >= 4 is 0 Å². The summed E-state index contributed by atoms with van der Waals surface area (Å²) in [7, 11) is 0. The monoisotopic (exact) mass is 492 g/mol. The number of hydrogen-bond acceptors (Lipinski definition) is 3. The molecule has 4 saturated carbocycles. The molecular weight excluding hydrogens is 482 g/mol. The molecule has 4 rings (SSSR count). The Kier molecular flexibility index (Phi) is 4.23. The summed E-state index contributed by atoms with van der Waals surface area (Å²) < 4.78 is 208. The molecule has 0 aromatic carbocycles. The minimum atomic E-state index is -7.74. The molecule has 0 saturated heterocycles. The van der Waals surface area contributed by atoms with Gasteiger partial charge in [0.05, 0.1) is 13.2 Å². The van der Waals surface area contributed by atoms with Gasteiger partial charge in [-0.05, 0) is 6.92 Å². The molecule has 0 radical (unpaired) electrons. The maximum Gasteiger partial charge on any atom is 0.339 e. The molecule has 182 valence electrons.